The number of ether oxygens (including phenoxy) is 1. The molecule has 4 heteroatoms. The molecule has 0 aliphatic carbocycles. The minimum atomic E-state index is -0.187. The minimum Gasteiger partial charge on any atom is -0.491 e. The zero-order chi connectivity index (χ0) is 15.1. The highest BCUT2D eigenvalue weighted by atomic mass is 16.5. The molecule has 3 N–H and O–H groups in total. The van der Waals surface area contributed by atoms with Gasteiger partial charge in [0.2, 0.25) is 5.91 Å². The van der Waals surface area contributed by atoms with Crippen LogP contribution in [-0.4, -0.2) is 19.1 Å². The number of carbonyl (C=O) groups excluding carboxylic acids is 1. The van der Waals surface area contributed by atoms with E-state index in [1.807, 2.05) is 38.1 Å². The maximum atomic E-state index is 12.2. The summed E-state index contributed by atoms with van der Waals surface area (Å²) in [6.45, 7) is 9.14. The maximum absolute atomic E-state index is 12.2. The lowest BCUT2D eigenvalue weighted by Crippen LogP contribution is -2.33. The Morgan fingerprint density at radius 1 is 1.25 bits per heavy atom. The van der Waals surface area contributed by atoms with Crippen LogP contribution in [0.1, 0.15) is 27.7 Å². The molecule has 0 heterocycles. The summed E-state index contributed by atoms with van der Waals surface area (Å²) in [5, 5.41) is 2.92. The Balaban J connectivity index is 2.78. The lowest BCUT2D eigenvalue weighted by molar-refractivity contribution is -0.120. The summed E-state index contributed by atoms with van der Waals surface area (Å²) in [5.74, 6) is 1.11. The molecule has 1 rings (SSSR count). The smallest absolute Gasteiger partial charge is 0.229 e. The van der Waals surface area contributed by atoms with Crippen LogP contribution in [-0.2, 0) is 4.79 Å². The predicted molar refractivity (Wildman–Crippen MR) is 82.8 cm³/mol. The van der Waals surface area contributed by atoms with E-state index in [4.69, 9.17) is 10.5 Å². The number of benzene rings is 1. The summed E-state index contributed by atoms with van der Waals surface area (Å²) in [7, 11) is 0. The zero-order valence-electron chi connectivity index (χ0n) is 12.8. The lowest BCUT2D eigenvalue weighted by atomic mass is 9.95. The fourth-order valence-electron chi connectivity index (χ4n) is 1.86. The summed E-state index contributed by atoms with van der Waals surface area (Å²) >= 11 is 0. The Labute approximate surface area is 121 Å². The topological polar surface area (TPSA) is 64.3 Å². The van der Waals surface area contributed by atoms with E-state index in [1.165, 1.54) is 0 Å². The fourth-order valence-corrected chi connectivity index (χ4v) is 1.86. The second-order valence-electron chi connectivity index (χ2n) is 5.78. The van der Waals surface area contributed by atoms with E-state index in [-0.39, 0.29) is 17.7 Å². The predicted octanol–water partition coefficient (Wildman–Crippen LogP) is 2.89. The van der Waals surface area contributed by atoms with Crippen molar-refractivity contribution in [3.05, 3.63) is 24.3 Å². The van der Waals surface area contributed by atoms with Crippen LogP contribution < -0.4 is 15.8 Å². The Morgan fingerprint density at radius 3 is 2.45 bits per heavy atom. The Kier molecular flexibility index (Phi) is 6.52. The number of carbonyl (C=O) groups is 1. The van der Waals surface area contributed by atoms with E-state index >= 15 is 0 Å². The molecule has 1 unspecified atom stereocenters. The molecular formula is C16H26N2O2. The molecule has 1 amide bonds. The van der Waals surface area contributed by atoms with Crippen LogP contribution in [0.2, 0.25) is 0 Å². The molecule has 0 saturated heterocycles. The van der Waals surface area contributed by atoms with Crippen LogP contribution in [0.25, 0.3) is 0 Å². The average molecular weight is 278 g/mol. The third-order valence-electron chi connectivity index (χ3n) is 3.11. The number of hydrogen-bond acceptors (Lipinski definition) is 3. The number of nitrogens with one attached hydrogen (secondary N) is 1. The van der Waals surface area contributed by atoms with Gasteiger partial charge in [0.05, 0.1) is 18.2 Å². The summed E-state index contributed by atoms with van der Waals surface area (Å²) in [6.07, 6.45) is 0. The molecule has 1 aromatic rings. The molecule has 0 aliphatic heterocycles. The number of para-hydroxylation sites is 2. The number of hydrogen-bond donors (Lipinski definition) is 2. The molecule has 0 spiro atoms. The molecule has 1 atom stereocenters. The van der Waals surface area contributed by atoms with Crippen LogP contribution >= 0.6 is 0 Å². The van der Waals surface area contributed by atoms with Gasteiger partial charge in [-0.15, -0.1) is 0 Å². The Hall–Kier alpha value is -1.55. The molecule has 1 aromatic carbocycles. The first-order valence-corrected chi connectivity index (χ1v) is 7.18. The van der Waals surface area contributed by atoms with Gasteiger partial charge in [-0.2, -0.15) is 0 Å². The largest absolute Gasteiger partial charge is 0.491 e. The van der Waals surface area contributed by atoms with E-state index in [1.54, 1.807) is 0 Å². The fraction of sp³-hybridized carbons (Fsp3) is 0.562. The van der Waals surface area contributed by atoms with Gasteiger partial charge < -0.3 is 15.8 Å². The summed E-state index contributed by atoms with van der Waals surface area (Å²) in [5.41, 5.74) is 6.38. The van der Waals surface area contributed by atoms with Crippen molar-refractivity contribution in [1.82, 2.24) is 0 Å². The molecule has 112 valence electrons. The molecular weight excluding hydrogens is 252 g/mol. The number of amides is 1. The van der Waals surface area contributed by atoms with Gasteiger partial charge in [-0.1, -0.05) is 39.8 Å². The van der Waals surface area contributed by atoms with Gasteiger partial charge in [-0.05, 0) is 24.0 Å². The Morgan fingerprint density at radius 2 is 1.90 bits per heavy atom. The highest BCUT2D eigenvalue weighted by molar-refractivity contribution is 5.94. The van der Waals surface area contributed by atoms with Gasteiger partial charge in [0.15, 0.2) is 0 Å². The van der Waals surface area contributed by atoms with Crippen molar-refractivity contribution in [2.45, 2.75) is 27.7 Å². The highest BCUT2D eigenvalue weighted by Crippen LogP contribution is 2.25. The van der Waals surface area contributed by atoms with Crippen molar-refractivity contribution in [2.24, 2.45) is 23.5 Å². The average Bonchev–Trinajstić information content (AvgIpc) is 2.38. The van der Waals surface area contributed by atoms with Crippen LogP contribution in [0, 0.1) is 17.8 Å². The van der Waals surface area contributed by atoms with Gasteiger partial charge in [0, 0.05) is 6.54 Å². The maximum Gasteiger partial charge on any atom is 0.229 e. The first kappa shape index (κ1) is 16.5. The van der Waals surface area contributed by atoms with Crippen molar-refractivity contribution in [2.75, 3.05) is 18.5 Å². The first-order valence-electron chi connectivity index (χ1n) is 7.18. The second kappa shape index (κ2) is 7.90. The van der Waals surface area contributed by atoms with Gasteiger partial charge in [0.25, 0.3) is 0 Å². The molecule has 0 saturated carbocycles. The number of nitrogens with two attached hydrogens (primary N) is 1. The summed E-state index contributed by atoms with van der Waals surface area (Å²) in [6, 6.07) is 7.49. The van der Waals surface area contributed by atoms with E-state index < -0.39 is 0 Å². The van der Waals surface area contributed by atoms with Gasteiger partial charge in [-0.3, -0.25) is 4.79 Å². The number of rotatable bonds is 7. The molecule has 20 heavy (non-hydrogen) atoms. The third-order valence-corrected chi connectivity index (χ3v) is 3.11. The highest BCUT2D eigenvalue weighted by Gasteiger charge is 2.21. The second-order valence-corrected chi connectivity index (χ2v) is 5.78. The van der Waals surface area contributed by atoms with Crippen LogP contribution in [0.4, 0.5) is 5.69 Å². The van der Waals surface area contributed by atoms with Crippen molar-refractivity contribution in [1.29, 1.82) is 0 Å². The molecule has 4 nitrogen and oxygen atoms in total. The monoisotopic (exact) mass is 278 g/mol. The van der Waals surface area contributed by atoms with E-state index in [9.17, 15) is 4.79 Å². The first-order chi connectivity index (χ1) is 9.45. The van der Waals surface area contributed by atoms with Gasteiger partial charge in [0.1, 0.15) is 5.75 Å². The van der Waals surface area contributed by atoms with Crippen molar-refractivity contribution >= 4 is 11.6 Å². The van der Waals surface area contributed by atoms with Crippen LogP contribution in [0.5, 0.6) is 5.75 Å². The van der Waals surface area contributed by atoms with E-state index in [2.05, 4.69) is 19.2 Å². The lowest BCUT2D eigenvalue weighted by Gasteiger charge is -2.20. The van der Waals surface area contributed by atoms with Crippen molar-refractivity contribution in [3.63, 3.8) is 0 Å². The van der Waals surface area contributed by atoms with Gasteiger partial charge in [-0.25, -0.2) is 0 Å². The van der Waals surface area contributed by atoms with E-state index in [0.717, 1.165) is 0 Å². The molecule has 0 radical (unpaired) electrons. The summed E-state index contributed by atoms with van der Waals surface area (Å²) < 4.78 is 5.73. The molecule has 0 bridgehead atoms. The molecule has 0 aliphatic rings. The quantitative estimate of drug-likeness (QED) is 0.806. The molecule has 0 fully saturated rings. The van der Waals surface area contributed by atoms with Crippen LogP contribution in [0.15, 0.2) is 24.3 Å². The van der Waals surface area contributed by atoms with Crippen molar-refractivity contribution < 1.29 is 9.53 Å². The van der Waals surface area contributed by atoms with E-state index in [0.29, 0.717) is 30.5 Å². The normalized spacial score (nSPS) is 12.6. The third kappa shape index (κ3) is 4.85. The Bertz CT molecular complexity index is 430. The minimum absolute atomic E-state index is 0.0527. The molecule has 0 aromatic heterocycles. The summed E-state index contributed by atoms with van der Waals surface area (Å²) in [4.78, 5) is 12.2. The van der Waals surface area contributed by atoms with Crippen molar-refractivity contribution in [3.8, 4) is 5.75 Å². The zero-order valence-corrected chi connectivity index (χ0v) is 12.8. The number of anilines is 1. The SMILES string of the molecule is CC(C)COc1ccccc1NC(=O)C(CN)C(C)C. The van der Waals surface area contributed by atoms with Crippen LogP contribution in [0.3, 0.4) is 0 Å². The standard InChI is InChI=1S/C16H26N2O2/c1-11(2)10-20-15-8-6-5-7-14(15)18-16(19)13(9-17)12(3)4/h5-8,11-13H,9-10,17H2,1-4H3,(H,18,19). The van der Waals surface area contributed by atoms with Gasteiger partial charge >= 0.3 is 0 Å².